The maximum Gasteiger partial charge on any atom is 0.151 e. The fourth-order valence-corrected chi connectivity index (χ4v) is 1.70. The van der Waals surface area contributed by atoms with Crippen LogP contribution in [0.25, 0.3) is 0 Å². The zero-order chi connectivity index (χ0) is 8.13. The molecule has 0 spiro atoms. The average Bonchev–Trinajstić information content (AvgIpc) is 2.68. The minimum absolute atomic E-state index is 0.609. The largest absolute Gasteiger partial charge is 0.382 e. The van der Waals surface area contributed by atoms with Crippen LogP contribution in [0, 0.1) is 0 Å². The van der Waals surface area contributed by atoms with E-state index in [-0.39, 0.29) is 0 Å². The van der Waals surface area contributed by atoms with E-state index < -0.39 is 0 Å². The van der Waals surface area contributed by atoms with Crippen LogP contribution in [-0.2, 0) is 18.0 Å². The van der Waals surface area contributed by atoms with Crippen molar-refractivity contribution in [2.75, 3.05) is 5.73 Å². The molecule has 0 unspecified atom stereocenters. The summed E-state index contributed by atoms with van der Waals surface area (Å²) in [6.45, 7) is 1.34. The van der Waals surface area contributed by atoms with Gasteiger partial charge < -0.3 is 10.5 Å². The van der Waals surface area contributed by atoms with Crippen LogP contribution in [0.5, 0.6) is 0 Å². The molecule has 0 saturated heterocycles. The molecular formula is C8H11N3O. The van der Waals surface area contributed by atoms with Crippen LogP contribution in [0.3, 0.4) is 0 Å². The molecule has 4 nitrogen and oxygen atoms in total. The number of ether oxygens (including phenoxy) is 1. The third-order valence-corrected chi connectivity index (χ3v) is 2.53. The molecule has 4 heteroatoms. The van der Waals surface area contributed by atoms with Crippen LogP contribution in [-0.4, -0.2) is 9.78 Å². The second-order valence-electron chi connectivity index (χ2n) is 3.48. The summed E-state index contributed by atoms with van der Waals surface area (Å²) in [5, 5.41) is 4.31. The number of nitrogens with two attached hydrogens (primary N) is 1. The van der Waals surface area contributed by atoms with Crippen LogP contribution in [0.1, 0.15) is 30.1 Å². The number of aromatic nitrogens is 2. The van der Waals surface area contributed by atoms with Crippen molar-refractivity contribution in [3.05, 3.63) is 11.3 Å². The lowest BCUT2D eigenvalue weighted by molar-refractivity contribution is 0.129. The van der Waals surface area contributed by atoms with E-state index in [4.69, 9.17) is 10.5 Å². The third-order valence-electron chi connectivity index (χ3n) is 2.53. The molecule has 2 N–H and O–H groups in total. The molecule has 1 aliphatic carbocycles. The van der Waals surface area contributed by atoms with E-state index in [1.165, 1.54) is 18.5 Å². The molecule has 2 aliphatic rings. The van der Waals surface area contributed by atoms with Gasteiger partial charge in [-0.05, 0) is 12.8 Å². The van der Waals surface area contributed by atoms with Gasteiger partial charge in [0.2, 0.25) is 0 Å². The zero-order valence-electron chi connectivity index (χ0n) is 6.79. The molecule has 64 valence electrons. The predicted octanol–water partition coefficient (Wildman–Crippen LogP) is 0.830. The second-order valence-corrected chi connectivity index (χ2v) is 3.48. The van der Waals surface area contributed by atoms with Crippen molar-refractivity contribution in [3.63, 3.8) is 0 Å². The van der Waals surface area contributed by atoms with E-state index in [2.05, 4.69) is 9.78 Å². The number of rotatable bonds is 1. The van der Waals surface area contributed by atoms with Crippen LogP contribution >= 0.6 is 0 Å². The lowest BCUT2D eigenvalue weighted by atomic mass is 10.3. The van der Waals surface area contributed by atoms with Crippen molar-refractivity contribution in [1.82, 2.24) is 9.78 Å². The van der Waals surface area contributed by atoms with Gasteiger partial charge in [-0.3, -0.25) is 4.68 Å². The van der Waals surface area contributed by atoms with Crippen LogP contribution in [0.2, 0.25) is 0 Å². The molecule has 12 heavy (non-hydrogen) atoms. The highest BCUT2D eigenvalue weighted by Crippen LogP contribution is 2.38. The SMILES string of the molecule is Nc1nn(C2CC2)c2c1COC2. The summed E-state index contributed by atoms with van der Waals surface area (Å²) in [6, 6.07) is 0.609. The van der Waals surface area contributed by atoms with Gasteiger partial charge in [0.25, 0.3) is 0 Å². The van der Waals surface area contributed by atoms with Crippen molar-refractivity contribution in [2.24, 2.45) is 0 Å². The first-order valence-corrected chi connectivity index (χ1v) is 4.30. The minimum Gasteiger partial charge on any atom is -0.382 e. The fourth-order valence-electron chi connectivity index (χ4n) is 1.70. The minimum atomic E-state index is 0.609. The van der Waals surface area contributed by atoms with Gasteiger partial charge in [-0.15, -0.1) is 0 Å². The first kappa shape index (κ1) is 6.48. The Morgan fingerprint density at radius 2 is 2.25 bits per heavy atom. The molecule has 0 radical (unpaired) electrons. The predicted molar refractivity (Wildman–Crippen MR) is 43.4 cm³/mol. The summed E-state index contributed by atoms with van der Waals surface area (Å²) >= 11 is 0. The smallest absolute Gasteiger partial charge is 0.151 e. The Morgan fingerprint density at radius 3 is 3.00 bits per heavy atom. The quantitative estimate of drug-likeness (QED) is 0.670. The van der Waals surface area contributed by atoms with Crippen molar-refractivity contribution < 1.29 is 4.74 Å². The van der Waals surface area contributed by atoms with E-state index in [0.717, 1.165) is 5.56 Å². The normalized spacial score (nSPS) is 21.3. The van der Waals surface area contributed by atoms with Gasteiger partial charge in [-0.1, -0.05) is 0 Å². The number of anilines is 1. The molecule has 1 saturated carbocycles. The monoisotopic (exact) mass is 165 g/mol. The Labute approximate surface area is 70.3 Å². The molecule has 1 aromatic heterocycles. The molecule has 0 aromatic carbocycles. The molecule has 1 fully saturated rings. The summed E-state index contributed by atoms with van der Waals surface area (Å²) in [7, 11) is 0. The van der Waals surface area contributed by atoms with Crippen molar-refractivity contribution in [2.45, 2.75) is 32.1 Å². The third kappa shape index (κ3) is 0.728. The van der Waals surface area contributed by atoms with E-state index >= 15 is 0 Å². The molecule has 0 bridgehead atoms. The highest BCUT2D eigenvalue weighted by molar-refractivity contribution is 5.43. The first-order chi connectivity index (χ1) is 5.86. The summed E-state index contributed by atoms with van der Waals surface area (Å²) in [4.78, 5) is 0. The van der Waals surface area contributed by atoms with Gasteiger partial charge in [0.1, 0.15) is 0 Å². The Hall–Kier alpha value is -1.03. The van der Waals surface area contributed by atoms with Crippen LogP contribution < -0.4 is 5.73 Å². The number of fused-ring (bicyclic) bond motifs is 1. The number of hydrogen-bond donors (Lipinski definition) is 1. The summed E-state index contributed by atoms with van der Waals surface area (Å²) < 4.78 is 7.37. The molecular weight excluding hydrogens is 154 g/mol. The average molecular weight is 165 g/mol. The highest BCUT2D eigenvalue weighted by atomic mass is 16.5. The van der Waals surface area contributed by atoms with Gasteiger partial charge in [0, 0.05) is 5.56 Å². The standard InChI is InChI=1S/C8H11N3O/c9-8-6-3-12-4-7(6)11(10-8)5-1-2-5/h5H,1-4H2,(H2,9,10). The fraction of sp³-hybridized carbons (Fsp3) is 0.625. The highest BCUT2D eigenvalue weighted by Gasteiger charge is 2.31. The molecule has 2 heterocycles. The topological polar surface area (TPSA) is 53.1 Å². The Kier molecular flexibility index (Phi) is 1.09. The van der Waals surface area contributed by atoms with E-state index in [1.807, 2.05) is 0 Å². The van der Waals surface area contributed by atoms with Crippen LogP contribution in [0.4, 0.5) is 5.82 Å². The van der Waals surface area contributed by atoms with Crippen LogP contribution in [0.15, 0.2) is 0 Å². The van der Waals surface area contributed by atoms with E-state index in [0.29, 0.717) is 25.1 Å². The summed E-state index contributed by atoms with van der Waals surface area (Å²) in [6.07, 6.45) is 2.49. The molecule has 3 rings (SSSR count). The van der Waals surface area contributed by atoms with Crippen molar-refractivity contribution in [1.29, 1.82) is 0 Å². The number of nitrogen functional groups attached to an aromatic ring is 1. The lowest BCUT2D eigenvalue weighted by Crippen LogP contribution is -2.02. The molecule has 1 aromatic rings. The second kappa shape index (κ2) is 2.01. The van der Waals surface area contributed by atoms with Gasteiger partial charge in [-0.2, -0.15) is 5.10 Å². The molecule has 0 atom stereocenters. The van der Waals surface area contributed by atoms with Gasteiger partial charge >= 0.3 is 0 Å². The summed E-state index contributed by atoms with van der Waals surface area (Å²) in [5.41, 5.74) is 8.06. The Morgan fingerprint density at radius 1 is 1.42 bits per heavy atom. The van der Waals surface area contributed by atoms with E-state index in [9.17, 15) is 0 Å². The number of hydrogen-bond acceptors (Lipinski definition) is 3. The van der Waals surface area contributed by atoms with Gasteiger partial charge in [0.15, 0.2) is 5.82 Å². The zero-order valence-corrected chi connectivity index (χ0v) is 6.79. The molecule has 0 amide bonds. The maximum atomic E-state index is 5.75. The first-order valence-electron chi connectivity index (χ1n) is 4.30. The summed E-state index contributed by atoms with van der Waals surface area (Å²) in [5.74, 6) is 0.661. The number of nitrogens with zero attached hydrogens (tertiary/aromatic N) is 2. The molecule has 1 aliphatic heterocycles. The van der Waals surface area contributed by atoms with Gasteiger partial charge in [0.05, 0.1) is 24.9 Å². The maximum absolute atomic E-state index is 5.75. The van der Waals surface area contributed by atoms with Crippen molar-refractivity contribution >= 4 is 5.82 Å². The Bertz CT molecular complexity index is 327. The Balaban J connectivity index is 2.13. The lowest BCUT2D eigenvalue weighted by Gasteiger charge is -2.00. The van der Waals surface area contributed by atoms with E-state index in [1.54, 1.807) is 0 Å². The van der Waals surface area contributed by atoms with Gasteiger partial charge in [-0.25, -0.2) is 0 Å². The van der Waals surface area contributed by atoms with Crippen molar-refractivity contribution in [3.8, 4) is 0 Å².